The minimum absolute atomic E-state index is 0.0676. The van der Waals surface area contributed by atoms with Gasteiger partial charge < -0.3 is 5.41 Å². The first-order chi connectivity index (χ1) is 6.65. The minimum Gasteiger partial charge on any atom is -0.305 e. The molecule has 0 atom stereocenters. The molecule has 0 unspecified atom stereocenters. The van der Waals surface area contributed by atoms with Gasteiger partial charge in [-0.25, -0.2) is 0 Å². The summed E-state index contributed by atoms with van der Waals surface area (Å²) in [6.45, 7) is 2.00. The van der Waals surface area contributed by atoms with E-state index in [2.05, 4.69) is 0 Å². The van der Waals surface area contributed by atoms with Crippen molar-refractivity contribution in [3.8, 4) is 0 Å². The van der Waals surface area contributed by atoms with Crippen molar-refractivity contribution in [3.05, 3.63) is 39.9 Å². The Balaban J connectivity index is 2.83. The second kappa shape index (κ2) is 4.50. The lowest BCUT2D eigenvalue weighted by molar-refractivity contribution is -0.384. The van der Waals surface area contributed by atoms with E-state index in [1.54, 1.807) is 12.1 Å². The van der Waals surface area contributed by atoms with Gasteiger partial charge in [0, 0.05) is 17.8 Å². The van der Waals surface area contributed by atoms with E-state index in [4.69, 9.17) is 5.41 Å². The molecule has 74 valence electrons. The van der Waals surface area contributed by atoms with Gasteiger partial charge >= 0.3 is 0 Å². The van der Waals surface area contributed by atoms with Crippen LogP contribution in [0.25, 0.3) is 0 Å². The Labute approximate surface area is 82.2 Å². The summed E-state index contributed by atoms with van der Waals surface area (Å²) in [5.74, 6) is 0. The molecule has 0 saturated heterocycles. The number of nitrogens with one attached hydrogen (secondary N) is 1. The Morgan fingerprint density at radius 1 is 1.43 bits per heavy atom. The average molecular weight is 192 g/mol. The molecule has 0 saturated carbocycles. The third-order valence-corrected chi connectivity index (χ3v) is 1.93. The fraction of sp³-hybridized carbons (Fsp3) is 0.300. The Kier molecular flexibility index (Phi) is 3.34. The van der Waals surface area contributed by atoms with Crippen molar-refractivity contribution in [1.29, 1.82) is 5.41 Å². The number of hydrogen-bond donors (Lipinski definition) is 1. The number of nitrogens with zero attached hydrogens (tertiary/aromatic N) is 1. The van der Waals surface area contributed by atoms with E-state index >= 15 is 0 Å². The number of hydrogen-bond acceptors (Lipinski definition) is 3. The van der Waals surface area contributed by atoms with Crippen molar-refractivity contribution < 1.29 is 4.92 Å². The first kappa shape index (κ1) is 10.4. The normalized spacial score (nSPS) is 9.79. The highest BCUT2D eigenvalue weighted by Gasteiger charge is 2.05. The molecule has 1 rings (SSSR count). The van der Waals surface area contributed by atoms with Gasteiger partial charge in [0.15, 0.2) is 0 Å². The van der Waals surface area contributed by atoms with Gasteiger partial charge in [-0.2, -0.15) is 0 Å². The van der Waals surface area contributed by atoms with E-state index < -0.39 is 4.92 Å². The van der Waals surface area contributed by atoms with Gasteiger partial charge in [-0.15, -0.1) is 0 Å². The summed E-state index contributed by atoms with van der Waals surface area (Å²) in [4.78, 5) is 9.92. The summed E-state index contributed by atoms with van der Waals surface area (Å²) in [5, 5.41) is 18.0. The van der Waals surface area contributed by atoms with Crippen LogP contribution in [0.2, 0.25) is 0 Å². The largest absolute Gasteiger partial charge is 0.305 e. The second-order valence-electron chi connectivity index (χ2n) is 3.03. The van der Waals surface area contributed by atoms with Crippen molar-refractivity contribution in [2.75, 3.05) is 0 Å². The van der Waals surface area contributed by atoms with Crippen LogP contribution < -0.4 is 0 Å². The molecule has 4 nitrogen and oxygen atoms in total. The van der Waals surface area contributed by atoms with E-state index in [1.165, 1.54) is 12.1 Å². The molecule has 1 aromatic carbocycles. The van der Waals surface area contributed by atoms with Gasteiger partial charge in [-0.3, -0.25) is 10.1 Å². The molecule has 0 amide bonds. The molecule has 1 N–H and O–H groups in total. The van der Waals surface area contributed by atoms with Gasteiger partial charge in [-0.05, 0) is 24.1 Å². The van der Waals surface area contributed by atoms with Crippen molar-refractivity contribution in [3.63, 3.8) is 0 Å². The fourth-order valence-corrected chi connectivity index (χ4v) is 1.18. The lowest BCUT2D eigenvalue weighted by atomic mass is 10.1. The Bertz CT molecular complexity index is 344. The van der Waals surface area contributed by atoms with Crippen LogP contribution in [0.4, 0.5) is 5.69 Å². The Morgan fingerprint density at radius 3 is 2.43 bits per heavy atom. The standard InChI is InChI=1S/C10H12N2O2/c1-2-3-10(11)8-4-6-9(7-5-8)12(13)14/h4-7,11H,2-3H2,1H3. The lowest BCUT2D eigenvalue weighted by Crippen LogP contribution is -1.98. The first-order valence-corrected chi connectivity index (χ1v) is 4.47. The molecule has 0 aliphatic heterocycles. The quantitative estimate of drug-likeness (QED) is 0.452. The molecule has 0 heterocycles. The molecular formula is C10H12N2O2. The van der Waals surface area contributed by atoms with E-state index in [0.717, 1.165) is 12.0 Å². The summed E-state index contributed by atoms with van der Waals surface area (Å²) < 4.78 is 0. The summed E-state index contributed by atoms with van der Waals surface area (Å²) in [6.07, 6.45) is 1.62. The van der Waals surface area contributed by atoms with Crippen molar-refractivity contribution in [2.45, 2.75) is 19.8 Å². The molecule has 0 bridgehead atoms. The monoisotopic (exact) mass is 192 g/mol. The van der Waals surface area contributed by atoms with E-state index in [-0.39, 0.29) is 5.69 Å². The number of benzene rings is 1. The zero-order valence-corrected chi connectivity index (χ0v) is 7.99. The van der Waals surface area contributed by atoms with Crippen LogP contribution in [0.5, 0.6) is 0 Å². The van der Waals surface area contributed by atoms with Crippen LogP contribution in [0.15, 0.2) is 24.3 Å². The highest BCUT2D eigenvalue weighted by atomic mass is 16.6. The topological polar surface area (TPSA) is 67.0 Å². The van der Waals surface area contributed by atoms with E-state index in [0.29, 0.717) is 12.1 Å². The van der Waals surface area contributed by atoms with Crippen LogP contribution in [0.3, 0.4) is 0 Å². The zero-order valence-electron chi connectivity index (χ0n) is 7.99. The predicted octanol–water partition coefficient (Wildman–Crippen LogP) is 2.76. The van der Waals surface area contributed by atoms with Crippen LogP contribution in [-0.2, 0) is 0 Å². The van der Waals surface area contributed by atoms with Crippen LogP contribution in [0, 0.1) is 15.5 Å². The maximum absolute atomic E-state index is 10.4. The first-order valence-electron chi connectivity index (χ1n) is 4.47. The van der Waals surface area contributed by atoms with Crippen LogP contribution in [0.1, 0.15) is 25.3 Å². The SMILES string of the molecule is CCCC(=N)c1ccc([N+](=O)[O-])cc1. The molecular weight excluding hydrogens is 180 g/mol. The predicted molar refractivity (Wildman–Crippen MR) is 54.8 cm³/mol. The minimum atomic E-state index is -0.437. The molecule has 0 radical (unpaired) electrons. The summed E-state index contributed by atoms with van der Waals surface area (Å²) >= 11 is 0. The van der Waals surface area contributed by atoms with Crippen molar-refractivity contribution in [1.82, 2.24) is 0 Å². The number of rotatable bonds is 4. The fourth-order valence-electron chi connectivity index (χ4n) is 1.18. The van der Waals surface area contributed by atoms with Gasteiger partial charge in [0.2, 0.25) is 0 Å². The molecule has 4 heteroatoms. The van der Waals surface area contributed by atoms with Gasteiger partial charge in [0.05, 0.1) is 4.92 Å². The van der Waals surface area contributed by atoms with E-state index in [9.17, 15) is 10.1 Å². The second-order valence-corrected chi connectivity index (χ2v) is 3.03. The molecule has 0 aliphatic carbocycles. The summed E-state index contributed by atoms with van der Waals surface area (Å²) in [6, 6.07) is 6.10. The van der Waals surface area contributed by atoms with Crippen LogP contribution in [-0.4, -0.2) is 10.6 Å². The highest BCUT2D eigenvalue weighted by Crippen LogP contribution is 2.13. The lowest BCUT2D eigenvalue weighted by Gasteiger charge is -2.00. The number of nitro benzene ring substituents is 1. The van der Waals surface area contributed by atoms with Gasteiger partial charge in [-0.1, -0.05) is 13.3 Å². The molecule has 0 fully saturated rings. The molecule has 0 spiro atoms. The van der Waals surface area contributed by atoms with Crippen molar-refractivity contribution >= 4 is 11.4 Å². The molecule has 1 aromatic rings. The Morgan fingerprint density at radius 2 is 2.00 bits per heavy atom. The maximum atomic E-state index is 10.4. The average Bonchev–Trinajstić information content (AvgIpc) is 2.18. The van der Waals surface area contributed by atoms with Gasteiger partial charge in [0.25, 0.3) is 5.69 Å². The van der Waals surface area contributed by atoms with Crippen LogP contribution >= 0.6 is 0 Å². The molecule has 14 heavy (non-hydrogen) atoms. The van der Waals surface area contributed by atoms with Crippen molar-refractivity contribution in [2.24, 2.45) is 0 Å². The summed E-state index contributed by atoms with van der Waals surface area (Å²) in [7, 11) is 0. The van der Waals surface area contributed by atoms with Gasteiger partial charge in [0.1, 0.15) is 0 Å². The van der Waals surface area contributed by atoms with E-state index in [1.807, 2.05) is 6.92 Å². The third-order valence-electron chi connectivity index (χ3n) is 1.93. The number of nitro groups is 1. The zero-order chi connectivity index (χ0) is 10.6. The Hall–Kier alpha value is -1.71. The summed E-state index contributed by atoms with van der Waals surface area (Å²) in [5.41, 5.74) is 1.36. The maximum Gasteiger partial charge on any atom is 0.269 e. The smallest absolute Gasteiger partial charge is 0.269 e. The highest BCUT2D eigenvalue weighted by molar-refractivity contribution is 5.98. The number of non-ortho nitro benzene ring substituents is 1. The molecule has 0 aromatic heterocycles. The third kappa shape index (κ3) is 2.39. The molecule has 0 aliphatic rings.